The quantitative estimate of drug-likeness (QED) is 0.634. The van der Waals surface area contributed by atoms with Crippen molar-refractivity contribution in [3.05, 3.63) is 35.9 Å². The highest BCUT2D eigenvalue weighted by Crippen LogP contribution is 2.37. The van der Waals surface area contributed by atoms with Gasteiger partial charge in [-0.2, -0.15) is 0 Å². The Labute approximate surface area is 89.4 Å². The van der Waals surface area contributed by atoms with Gasteiger partial charge in [0.25, 0.3) is 0 Å². The molecule has 0 saturated heterocycles. The molecule has 78 valence electrons. The average Bonchev–Trinajstić information content (AvgIpc) is 2.03. The first-order valence-electron chi connectivity index (χ1n) is 5.37. The van der Waals surface area contributed by atoms with Gasteiger partial charge in [-0.15, -0.1) is 0 Å². The van der Waals surface area contributed by atoms with Crippen LogP contribution in [0.25, 0.3) is 0 Å². The molecule has 14 heavy (non-hydrogen) atoms. The van der Waals surface area contributed by atoms with Crippen molar-refractivity contribution in [3.8, 4) is 0 Å². The van der Waals surface area contributed by atoms with Crippen LogP contribution < -0.4 is 0 Å². The maximum absolute atomic E-state index is 2.49. The van der Waals surface area contributed by atoms with Gasteiger partial charge in [0.15, 0.2) is 0 Å². The molecule has 1 aromatic carbocycles. The van der Waals surface area contributed by atoms with E-state index in [4.69, 9.17) is 0 Å². The Balaban J connectivity index is 2.79. The summed E-state index contributed by atoms with van der Waals surface area (Å²) < 4.78 is 0. The molecule has 1 heteroatoms. The molecule has 0 aliphatic carbocycles. The molecule has 0 fully saturated rings. The van der Waals surface area contributed by atoms with Gasteiger partial charge in [0.1, 0.15) is 0 Å². The molecule has 1 aromatic rings. The second kappa shape index (κ2) is 3.89. The zero-order valence-electron chi connectivity index (χ0n) is 10.1. The van der Waals surface area contributed by atoms with E-state index in [0.717, 1.165) is 0 Å². The molecule has 0 amide bonds. The largest absolute Gasteiger partial charge is 0.0687 e. The van der Waals surface area contributed by atoms with Crippen molar-refractivity contribution in [2.75, 3.05) is 0 Å². The molecule has 0 aromatic heterocycles. The highest BCUT2D eigenvalue weighted by Gasteiger charge is 2.34. The van der Waals surface area contributed by atoms with Crippen molar-refractivity contribution < 1.29 is 0 Å². The molecular formula is C13H22Si. The smallest absolute Gasteiger partial charge is 0.0571 e. The van der Waals surface area contributed by atoms with Crippen LogP contribution in [-0.4, -0.2) is 8.07 Å². The summed E-state index contributed by atoms with van der Waals surface area (Å²) in [6.45, 7) is 12.1. The molecule has 0 bridgehead atoms. The minimum Gasteiger partial charge on any atom is -0.0687 e. The zero-order valence-corrected chi connectivity index (χ0v) is 11.1. The SMILES string of the molecule is CC(C)(C)[Si](C)(C)Cc1ccccc1. The van der Waals surface area contributed by atoms with Crippen LogP contribution in [0.5, 0.6) is 0 Å². The Kier molecular flexibility index (Phi) is 3.20. The highest BCUT2D eigenvalue weighted by atomic mass is 28.3. The van der Waals surface area contributed by atoms with Crippen LogP contribution in [0.1, 0.15) is 26.3 Å². The van der Waals surface area contributed by atoms with Gasteiger partial charge in [-0.25, -0.2) is 0 Å². The molecule has 0 atom stereocenters. The van der Waals surface area contributed by atoms with Gasteiger partial charge in [-0.1, -0.05) is 69.8 Å². The van der Waals surface area contributed by atoms with Gasteiger partial charge in [-0.05, 0) is 11.1 Å². The fraction of sp³-hybridized carbons (Fsp3) is 0.538. The van der Waals surface area contributed by atoms with Crippen molar-refractivity contribution in [1.29, 1.82) is 0 Å². The third-order valence-corrected chi connectivity index (χ3v) is 8.87. The Morgan fingerprint density at radius 1 is 1.00 bits per heavy atom. The molecule has 0 aliphatic rings. The summed E-state index contributed by atoms with van der Waals surface area (Å²) in [6, 6.07) is 12.2. The lowest BCUT2D eigenvalue weighted by Crippen LogP contribution is -2.39. The third-order valence-electron chi connectivity index (χ3n) is 3.52. The van der Waals surface area contributed by atoms with Gasteiger partial charge in [0, 0.05) is 0 Å². The molecule has 0 heterocycles. The second-order valence-electron chi connectivity index (χ2n) is 5.80. The normalized spacial score (nSPS) is 12.9. The Morgan fingerprint density at radius 2 is 1.50 bits per heavy atom. The first-order valence-corrected chi connectivity index (χ1v) is 8.57. The lowest BCUT2D eigenvalue weighted by molar-refractivity contribution is 0.714. The van der Waals surface area contributed by atoms with Gasteiger partial charge < -0.3 is 0 Å². The Hall–Kier alpha value is -0.563. The van der Waals surface area contributed by atoms with Crippen LogP contribution in [0.15, 0.2) is 30.3 Å². The number of benzene rings is 1. The predicted molar refractivity (Wildman–Crippen MR) is 67.3 cm³/mol. The Morgan fingerprint density at radius 3 is 1.93 bits per heavy atom. The maximum atomic E-state index is 2.49. The molecule has 0 aliphatic heterocycles. The summed E-state index contributed by atoms with van der Waals surface area (Å²) in [7, 11) is -1.15. The molecule has 0 N–H and O–H groups in total. The summed E-state index contributed by atoms with van der Waals surface area (Å²) >= 11 is 0. The van der Waals surface area contributed by atoms with Crippen LogP contribution in [0.4, 0.5) is 0 Å². The molecule has 0 radical (unpaired) electrons. The van der Waals surface area contributed by atoms with Gasteiger partial charge in [-0.3, -0.25) is 0 Å². The summed E-state index contributed by atoms with van der Waals surface area (Å²) in [5.74, 6) is 0. The standard InChI is InChI=1S/C13H22Si/c1-13(2,3)14(4,5)11-12-9-7-6-8-10-12/h6-10H,11H2,1-5H3. The van der Waals surface area contributed by atoms with E-state index in [9.17, 15) is 0 Å². The number of hydrogen-bond donors (Lipinski definition) is 0. The summed E-state index contributed by atoms with van der Waals surface area (Å²) in [5.41, 5.74) is 1.50. The van der Waals surface area contributed by atoms with Crippen molar-refractivity contribution in [3.63, 3.8) is 0 Å². The molecule has 0 unspecified atom stereocenters. The van der Waals surface area contributed by atoms with Crippen LogP contribution in [0, 0.1) is 0 Å². The minimum atomic E-state index is -1.15. The summed E-state index contributed by atoms with van der Waals surface area (Å²) in [4.78, 5) is 0. The van der Waals surface area contributed by atoms with E-state index in [-0.39, 0.29) is 0 Å². The van der Waals surface area contributed by atoms with Gasteiger partial charge >= 0.3 is 0 Å². The Bertz CT molecular complexity index is 280. The zero-order chi connectivity index (χ0) is 10.8. The summed E-state index contributed by atoms with van der Waals surface area (Å²) in [5, 5.41) is 0.489. The molecule has 0 saturated carbocycles. The number of rotatable bonds is 2. The third kappa shape index (κ3) is 2.71. The van der Waals surface area contributed by atoms with Gasteiger partial charge in [0.05, 0.1) is 8.07 Å². The van der Waals surface area contributed by atoms with E-state index in [1.807, 2.05) is 0 Å². The van der Waals surface area contributed by atoms with E-state index >= 15 is 0 Å². The molecule has 1 rings (SSSR count). The predicted octanol–water partition coefficient (Wildman–Crippen LogP) is 4.28. The van der Waals surface area contributed by atoms with E-state index < -0.39 is 8.07 Å². The lowest BCUT2D eigenvalue weighted by atomic mass is 10.2. The maximum Gasteiger partial charge on any atom is 0.0571 e. The van der Waals surface area contributed by atoms with Crippen molar-refractivity contribution in [2.45, 2.75) is 44.9 Å². The van der Waals surface area contributed by atoms with E-state index in [0.29, 0.717) is 5.04 Å². The minimum absolute atomic E-state index is 0.489. The van der Waals surface area contributed by atoms with Crippen molar-refractivity contribution in [1.82, 2.24) is 0 Å². The first-order chi connectivity index (χ1) is 6.33. The molecular weight excluding hydrogens is 184 g/mol. The number of hydrogen-bond acceptors (Lipinski definition) is 0. The van der Waals surface area contributed by atoms with Crippen LogP contribution in [0.2, 0.25) is 18.1 Å². The molecule has 0 nitrogen and oxygen atoms in total. The molecule has 0 spiro atoms. The van der Waals surface area contributed by atoms with Crippen molar-refractivity contribution in [2.24, 2.45) is 0 Å². The van der Waals surface area contributed by atoms with E-state index in [1.165, 1.54) is 11.6 Å². The fourth-order valence-corrected chi connectivity index (χ4v) is 3.16. The van der Waals surface area contributed by atoms with Gasteiger partial charge in [0.2, 0.25) is 0 Å². The summed E-state index contributed by atoms with van der Waals surface area (Å²) in [6.07, 6.45) is 0. The van der Waals surface area contributed by atoms with Crippen LogP contribution in [0.3, 0.4) is 0 Å². The van der Waals surface area contributed by atoms with Crippen molar-refractivity contribution >= 4 is 8.07 Å². The monoisotopic (exact) mass is 206 g/mol. The fourth-order valence-electron chi connectivity index (χ4n) is 1.37. The van der Waals surface area contributed by atoms with Crippen LogP contribution >= 0.6 is 0 Å². The topological polar surface area (TPSA) is 0 Å². The van der Waals surface area contributed by atoms with E-state index in [2.05, 4.69) is 64.2 Å². The average molecular weight is 206 g/mol. The second-order valence-corrected chi connectivity index (χ2v) is 11.4. The first kappa shape index (κ1) is 11.5. The lowest BCUT2D eigenvalue weighted by Gasteiger charge is -2.37. The van der Waals surface area contributed by atoms with E-state index in [1.54, 1.807) is 0 Å². The highest BCUT2D eigenvalue weighted by molar-refractivity contribution is 6.79. The van der Waals surface area contributed by atoms with Crippen LogP contribution in [-0.2, 0) is 6.04 Å².